The number of hydrogen-bond acceptors (Lipinski definition) is 6. The summed E-state index contributed by atoms with van der Waals surface area (Å²) in [6.45, 7) is 9.13. The van der Waals surface area contributed by atoms with Crippen molar-refractivity contribution in [3.63, 3.8) is 0 Å². The Kier molecular flexibility index (Phi) is 6.46. The smallest absolute Gasteiger partial charge is 0.315 e. The van der Waals surface area contributed by atoms with Crippen LogP contribution in [0.5, 0.6) is 5.75 Å². The average Bonchev–Trinajstić information content (AvgIpc) is 2.74. The lowest BCUT2D eigenvalue weighted by atomic mass is 9.93. The topological polar surface area (TPSA) is 88.6 Å². The van der Waals surface area contributed by atoms with E-state index in [0.29, 0.717) is 0 Å². The first-order chi connectivity index (χ1) is 14.9. The molecule has 0 spiro atoms. The number of anilines is 1. The fourth-order valence-corrected chi connectivity index (χ4v) is 4.19. The molecule has 1 aliphatic carbocycles. The molecule has 0 atom stereocenters. The van der Waals surface area contributed by atoms with Crippen molar-refractivity contribution in [1.29, 1.82) is 0 Å². The minimum atomic E-state index is -0.238. The second kappa shape index (κ2) is 9.26. The number of morpholine rings is 1. The van der Waals surface area contributed by atoms with Crippen LogP contribution in [-0.4, -0.2) is 60.0 Å². The van der Waals surface area contributed by atoms with E-state index >= 15 is 0 Å². The van der Waals surface area contributed by atoms with Crippen molar-refractivity contribution in [1.82, 2.24) is 20.6 Å². The number of urea groups is 1. The Bertz CT molecular complexity index is 900. The van der Waals surface area contributed by atoms with E-state index in [4.69, 9.17) is 9.47 Å². The van der Waals surface area contributed by atoms with Gasteiger partial charge in [-0.2, -0.15) is 0 Å². The Hall–Kier alpha value is -2.61. The van der Waals surface area contributed by atoms with Gasteiger partial charge < -0.3 is 25.0 Å². The summed E-state index contributed by atoms with van der Waals surface area (Å²) >= 11 is 0. The molecule has 0 radical (unpaired) electrons. The lowest BCUT2D eigenvalue weighted by molar-refractivity contribution is 0.122. The third kappa shape index (κ3) is 5.76. The normalized spacial score (nSPS) is 22.2. The van der Waals surface area contributed by atoms with E-state index in [2.05, 4.69) is 37.6 Å². The van der Waals surface area contributed by atoms with Crippen molar-refractivity contribution < 1.29 is 14.3 Å². The highest BCUT2D eigenvalue weighted by Crippen LogP contribution is 2.32. The number of carbonyl (C=O) groups is 1. The molecule has 31 heavy (non-hydrogen) atoms. The largest absolute Gasteiger partial charge is 0.488 e. The SMILES string of the molecule is CC(C)(C)NC(=O)N[C@H]1CC[C@@H](Oc2cc(N3CCOCC3)cc3nccnc23)CC1. The van der Waals surface area contributed by atoms with Crippen molar-refractivity contribution in [3.8, 4) is 5.75 Å². The van der Waals surface area contributed by atoms with Gasteiger partial charge >= 0.3 is 6.03 Å². The molecule has 1 aromatic heterocycles. The Morgan fingerprint density at radius 1 is 1.10 bits per heavy atom. The highest BCUT2D eigenvalue weighted by atomic mass is 16.5. The van der Waals surface area contributed by atoms with E-state index in [1.165, 1.54) is 0 Å². The van der Waals surface area contributed by atoms with Gasteiger partial charge in [-0.25, -0.2) is 9.78 Å². The summed E-state index contributed by atoms with van der Waals surface area (Å²) < 4.78 is 11.9. The van der Waals surface area contributed by atoms with E-state index in [0.717, 1.165) is 74.5 Å². The predicted octanol–water partition coefficient (Wildman–Crippen LogP) is 3.25. The number of rotatable bonds is 4. The number of benzene rings is 1. The number of ether oxygens (including phenoxy) is 2. The summed E-state index contributed by atoms with van der Waals surface area (Å²) in [5.74, 6) is 0.786. The van der Waals surface area contributed by atoms with Gasteiger partial charge in [0.05, 0.1) is 24.8 Å². The van der Waals surface area contributed by atoms with Crippen LogP contribution in [0.25, 0.3) is 11.0 Å². The average molecular weight is 428 g/mol. The first kappa shape index (κ1) is 21.6. The molecule has 2 aromatic rings. The lowest BCUT2D eigenvalue weighted by Crippen LogP contribution is -2.50. The number of fused-ring (bicyclic) bond motifs is 1. The third-order valence-electron chi connectivity index (χ3n) is 5.69. The second-order valence-electron chi connectivity index (χ2n) is 9.41. The summed E-state index contributed by atoms with van der Waals surface area (Å²) in [5.41, 5.74) is 2.50. The Morgan fingerprint density at radius 2 is 1.81 bits per heavy atom. The zero-order chi connectivity index (χ0) is 21.8. The molecule has 1 aliphatic heterocycles. The Balaban J connectivity index is 1.41. The monoisotopic (exact) mass is 427 g/mol. The molecule has 4 rings (SSSR count). The molecule has 1 saturated carbocycles. The van der Waals surface area contributed by atoms with E-state index in [1.54, 1.807) is 12.4 Å². The van der Waals surface area contributed by atoms with Crippen molar-refractivity contribution in [2.75, 3.05) is 31.2 Å². The molecule has 2 aliphatic rings. The van der Waals surface area contributed by atoms with Crippen molar-refractivity contribution in [2.45, 2.75) is 64.1 Å². The zero-order valence-corrected chi connectivity index (χ0v) is 18.7. The quantitative estimate of drug-likeness (QED) is 0.779. The van der Waals surface area contributed by atoms with Crippen LogP contribution in [0.1, 0.15) is 46.5 Å². The van der Waals surface area contributed by atoms with Crippen LogP contribution in [-0.2, 0) is 4.74 Å². The van der Waals surface area contributed by atoms with Gasteiger partial charge in [0.15, 0.2) is 0 Å². The summed E-state index contributed by atoms with van der Waals surface area (Å²) in [4.78, 5) is 23.5. The molecule has 1 saturated heterocycles. The van der Waals surface area contributed by atoms with Gasteiger partial charge in [-0.3, -0.25) is 4.98 Å². The van der Waals surface area contributed by atoms with Gasteiger partial charge in [0.25, 0.3) is 0 Å². The molecule has 2 amide bonds. The summed E-state index contributed by atoms with van der Waals surface area (Å²) in [6.07, 6.45) is 7.11. The van der Waals surface area contributed by atoms with Crippen molar-refractivity contribution in [2.24, 2.45) is 0 Å². The fourth-order valence-electron chi connectivity index (χ4n) is 4.19. The molecule has 8 nitrogen and oxygen atoms in total. The van der Waals surface area contributed by atoms with Gasteiger partial charge in [0.1, 0.15) is 11.3 Å². The maximum Gasteiger partial charge on any atom is 0.315 e. The number of aromatic nitrogens is 2. The van der Waals surface area contributed by atoms with Gasteiger partial charge in [-0.1, -0.05) is 0 Å². The number of hydrogen-bond donors (Lipinski definition) is 2. The van der Waals surface area contributed by atoms with E-state index in [-0.39, 0.29) is 23.7 Å². The van der Waals surface area contributed by atoms with Crippen LogP contribution >= 0.6 is 0 Å². The molecular weight excluding hydrogens is 394 g/mol. The van der Waals surface area contributed by atoms with Gasteiger partial charge in [0.2, 0.25) is 0 Å². The summed E-state index contributed by atoms with van der Waals surface area (Å²) in [7, 11) is 0. The summed E-state index contributed by atoms with van der Waals surface area (Å²) in [5, 5.41) is 6.06. The standard InChI is InChI=1S/C23H33N5O3/c1-23(2,3)27-22(29)26-16-4-6-18(7-5-16)31-20-15-17(28-10-12-30-13-11-28)14-19-21(20)25-9-8-24-19/h8-9,14-16,18H,4-7,10-13H2,1-3H3,(H2,26,27,29)/t16-,18+. The Labute approximate surface area is 183 Å². The number of carbonyl (C=O) groups excluding carboxylic acids is 1. The molecule has 2 fully saturated rings. The van der Waals surface area contributed by atoms with Crippen LogP contribution in [0, 0.1) is 0 Å². The van der Waals surface area contributed by atoms with Gasteiger partial charge in [0, 0.05) is 48.8 Å². The molecule has 1 aromatic carbocycles. The second-order valence-corrected chi connectivity index (χ2v) is 9.41. The van der Waals surface area contributed by atoms with Crippen molar-refractivity contribution in [3.05, 3.63) is 24.5 Å². The van der Waals surface area contributed by atoms with Crippen LogP contribution in [0.3, 0.4) is 0 Å². The molecule has 8 heteroatoms. The third-order valence-corrected chi connectivity index (χ3v) is 5.69. The zero-order valence-electron chi connectivity index (χ0n) is 18.7. The maximum atomic E-state index is 12.2. The van der Waals surface area contributed by atoms with Gasteiger partial charge in [-0.15, -0.1) is 0 Å². The highest BCUT2D eigenvalue weighted by Gasteiger charge is 2.26. The molecular formula is C23H33N5O3. The molecule has 0 unspecified atom stereocenters. The van der Waals surface area contributed by atoms with Crippen molar-refractivity contribution >= 4 is 22.8 Å². The lowest BCUT2D eigenvalue weighted by Gasteiger charge is -2.32. The van der Waals surface area contributed by atoms with Crippen LogP contribution in [0.15, 0.2) is 24.5 Å². The first-order valence-electron chi connectivity index (χ1n) is 11.2. The first-order valence-corrected chi connectivity index (χ1v) is 11.2. The van der Waals surface area contributed by atoms with Crippen LogP contribution in [0.2, 0.25) is 0 Å². The minimum absolute atomic E-state index is 0.101. The highest BCUT2D eigenvalue weighted by molar-refractivity contribution is 5.85. The maximum absolute atomic E-state index is 12.2. The minimum Gasteiger partial charge on any atom is -0.488 e. The molecule has 0 bridgehead atoms. The van der Waals surface area contributed by atoms with Crippen LogP contribution in [0.4, 0.5) is 10.5 Å². The molecule has 2 N–H and O–H groups in total. The van der Waals surface area contributed by atoms with E-state index in [9.17, 15) is 4.79 Å². The number of amides is 2. The molecule has 168 valence electrons. The van der Waals surface area contributed by atoms with Crippen LogP contribution < -0.4 is 20.3 Å². The fraction of sp³-hybridized carbons (Fsp3) is 0.609. The molecule has 2 heterocycles. The van der Waals surface area contributed by atoms with E-state index < -0.39 is 0 Å². The van der Waals surface area contributed by atoms with E-state index in [1.807, 2.05) is 20.8 Å². The predicted molar refractivity (Wildman–Crippen MR) is 121 cm³/mol. The summed E-state index contributed by atoms with van der Waals surface area (Å²) in [6, 6.07) is 4.24. The van der Waals surface area contributed by atoms with Gasteiger partial charge in [-0.05, 0) is 52.5 Å². The Morgan fingerprint density at radius 3 is 2.52 bits per heavy atom. The number of nitrogens with one attached hydrogen (secondary N) is 2. The number of nitrogens with zero attached hydrogens (tertiary/aromatic N) is 3.